The summed E-state index contributed by atoms with van der Waals surface area (Å²) >= 11 is 7.58. The SMILES string of the molecule is O=C(O)CSCCN1CCN(C(c2ccccc2)c2ccc(Cl)cc2)CC1. The van der Waals surface area contributed by atoms with Crippen molar-refractivity contribution >= 4 is 29.3 Å². The van der Waals surface area contributed by atoms with E-state index in [1.165, 1.54) is 22.9 Å². The highest BCUT2D eigenvalue weighted by Gasteiger charge is 2.26. The van der Waals surface area contributed by atoms with Gasteiger partial charge in [-0.25, -0.2) is 0 Å². The fourth-order valence-electron chi connectivity index (χ4n) is 3.49. The Morgan fingerprint density at radius 3 is 2.26 bits per heavy atom. The van der Waals surface area contributed by atoms with Gasteiger partial charge in [0.25, 0.3) is 0 Å². The van der Waals surface area contributed by atoms with Crippen molar-refractivity contribution in [3.8, 4) is 0 Å². The van der Waals surface area contributed by atoms with Crippen molar-refractivity contribution in [3.63, 3.8) is 0 Å². The minimum absolute atomic E-state index is 0.187. The first-order chi connectivity index (χ1) is 13.1. The topological polar surface area (TPSA) is 43.8 Å². The second-order valence-corrected chi connectivity index (χ2v) is 8.23. The van der Waals surface area contributed by atoms with Crippen molar-refractivity contribution in [3.05, 3.63) is 70.7 Å². The van der Waals surface area contributed by atoms with Crippen LogP contribution in [0.2, 0.25) is 5.02 Å². The number of nitrogens with zero attached hydrogens (tertiary/aromatic N) is 2. The van der Waals surface area contributed by atoms with E-state index in [2.05, 4.69) is 52.3 Å². The molecular formula is C21H25ClN2O2S. The summed E-state index contributed by atoms with van der Waals surface area (Å²) in [4.78, 5) is 15.6. The summed E-state index contributed by atoms with van der Waals surface area (Å²) in [6, 6.07) is 19.0. The first kappa shape index (κ1) is 20.2. The van der Waals surface area contributed by atoms with Crippen LogP contribution in [0.4, 0.5) is 0 Å². The first-order valence-electron chi connectivity index (χ1n) is 9.20. The van der Waals surface area contributed by atoms with Crippen molar-refractivity contribution in [1.82, 2.24) is 9.80 Å². The van der Waals surface area contributed by atoms with Crippen LogP contribution in [0, 0.1) is 0 Å². The van der Waals surface area contributed by atoms with Crippen LogP contribution in [0.3, 0.4) is 0 Å². The second-order valence-electron chi connectivity index (χ2n) is 6.69. The van der Waals surface area contributed by atoms with Crippen LogP contribution in [0.1, 0.15) is 17.2 Å². The maximum atomic E-state index is 10.6. The van der Waals surface area contributed by atoms with Crippen LogP contribution in [0.5, 0.6) is 0 Å². The molecule has 0 aromatic heterocycles. The quantitative estimate of drug-likeness (QED) is 0.676. The van der Waals surface area contributed by atoms with E-state index in [0.717, 1.165) is 43.5 Å². The monoisotopic (exact) mass is 404 g/mol. The van der Waals surface area contributed by atoms with Crippen molar-refractivity contribution in [1.29, 1.82) is 0 Å². The molecule has 4 nitrogen and oxygen atoms in total. The molecule has 1 atom stereocenters. The molecule has 1 N–H and O–H groups in total. The van der Waals surface area contributed by atoms with Crippen LogP contribution >= 0.6 is 23.4 Å². The van der Waals surface area contributed by atoms with Crippen molar-refractivity contribution in [2.24, 2.45) is 0 Å². The fourth-order valence-corrected chi connectivity index (χ4v) is 4.33. The summed E-state index contributed by atoms with van der Waals surface area (Å²) < 4.78 is 0. The van der Waals surface area contributed by atoms with E-state index < -0.39 is 5.97 Å². The van der Waals surface area contributed by atoms with Gasteiger partial charge in [0.05, 0.1) is 11.8 Å². The van der Waals surface area contributed by atoms with E-state index in [0.29, 0.717) is 0 Å². The van der Waals surface area contributed by atoms with Gasteiger partial charge < -0.3 is 5.11 Å². The van der Waals surface area contributed by atoms with Crippen LogP contribution in [-0.2, 0) is 4.79 Å². The standard InChI is InChI=1S/C21H25ClN2O2S/c22-19-8-6-18(7-9-19)21(17-4-2-1-3-5-17)24-12-10-23(11-13-24)14-15-27-16-20(25)26/h1-9,21H,10-16H2,(H,25,26). The third kappa shape index (κ3) is 5.98. The molecule has 1 aliphatic heterocycles. The van der Waals surface area contributed by atoms with Crippen LogP contribution < -0.4 is 0 Å². The van der Waals surface area contributed by atoms with Gasteiger partial charge in [-0.2, -0.15) is 0 Å². The van der Waals surface area contributed by atoms with E-state index >= 15 is 0 Å². The Morgan fingerprint density at radius 1 is 1.00 bits per heavy atom. The lowest BCUT2D eigenvalue weighted by atomic mass is 9.96. The molecule has 0 amide bonds. The molecule has 0 radical (unpaired) electrons. The Morgan fingerprint density at radius 2 is 1.63 bits per heavy atom. The Kier molecular flexibility index (Phi) is 7.59. The second kappa shape index (κ2) is 10.1. The number of hydrogen-bond acceptors (Lipinski definition) is 4. The van der Waals surface area contributed by atoms with Gasteiger partial charge >= 0.3 is 5.97 Å². The molecule has 144 valence electrons. The number of carboxylic acid groups (broad SMARTS) is 1. The average Bonchev–Trinajstić information content (AvgIpc) is 2.69. The predicted molar refractivity (Wildman–Crippen MR) is 113 cm³/mol. The highest BCUT2D eigenvalue weighted by molar-refractivity contribution is 7.99. The van der Waals surface area contributed by atoms with Gasteiger partial charge in [0, 0.05) is 43.5 Å². The molecule has 2 aromatic carbocycles. The van der Waals surface area contributed by atoms with Gasteiger partial charge in [-0.15, -0.1) is 11.8 Å². The zero-order valence-corrected chi connectivity index (χ0v) is 16.8. The average molecular weight is 405 g/mol. The number of aliphatic carboxylic acids is 1. The molecule has 1 unspecified atom stereocenters. The highest BCUT2D eigenvalue weighted by atomic mass is 35.5. The molecule has 1 saturated heterocycles. The minimum atomic E-state index is -0.738. The number of carboxylic acids is 1. The highest BCUT2D eigenvalue weighted by Crippen LogP contribution is 2.30. The third-order valence-electron chi connectivity index (χ3n) is 4.85. The molecule has 6 heteroatoms. The van der Waals surface area contributed by atoms with Gasteiger partial charge in [-0.05, 0) is 23.3 Å². The summed E-state index contributed by atoms with van der Waals surface area (Å²) in [5.41, 5.74) is 2.56. The summed E-state index contributed by atoms with van der Waals surface area (Å²) in [5, 5.41) is 9.49. The number of benzene rings is 2. The van der Waals surface area contributed by atoms with Gasteiger partial charge in [-0.3, -0.25) is 14.6 Å². The van der Waals surface area contributed by atoms with E-state index in [1.807, 2.05) is 12.1 Å². The number of hydrogen-bond donors (Lipinski definition) is 1. The molecule has 0 spiro atoms. The Balaban J connectivity index is 1.63. The van der Waals surface area contributed by atoms with E-state index in [4.69, 9.17) is 16.7 Å². The van der Waals surface area contributed by atoms with Crippen molar-refractivity contribution in [2.45, 2.75) is 6.04 Å². The summed E-state index contributed by atoms with van der Waals surface area (Å²) in [6.07, 6.45) is 0. The lowest BCUT2D eigenvalue weighted by Crippen LogP contribution is -2.48. The maximum absolute atomic E-state index is 10.6. The molecule has 0 saturated carbocycles. The Hall–Kier alpha value is -1.53. The Labute approximate surface area is 170 Å². The first-order valence-corrected chi connectivity index (χ1v) is 10.7. The minimum Gasteiger partial charge on any atom is -0.481 e. The summed E-state index contributed by atoms with van der Waals surface area (Å²) in [6.45, 7) is 4.94. The third-order valence-corrected chi connectivity index (χ3v) is 6.02. The zero-order valence-electron chi connectivity index (χ0n) is 15.3. The molecule has 1 heterocycles. The normalized spacial score (nSPS) is 16.9. The van der Waals surface area contributed by atoms with Crippen LogP contribution in [0.25, 0.3) is 0 Å². The fraction of sp³-hybridized carbons (Fsp3) is 0.381. The number of carbonyl (C=O) groups is 1. The van der Waals surface area contributed by atoms with E-state index in [9.17, 15) is 4.79 Å². The van der Waals surface area contributed by atoms with E-state index in [-0.39, 0.29) is 11.8 Å². The number of rotatable bonds is 8. The molecule has 1 fully saturated rings. The maximum Gasteiger partial charge on any atom is 0.313 e. The summed E-state index contributed by atoms with van der Waals surface area (Å²) in [7, 11) is 0. The van der Waals surface area contributed by atoms with Crippen LogP contribution in [0.15, 0.2) is 54.6 Å². The lowest BCUT2D eigenvalue weighted by Gasteiger charge is -2.39. The molecule has 2 aromatic rings. The lowest BCUT2D eigenvalue weighted by molar-refractivity contribution is -0.133. The largest absolute Gasteiger partial charge is 0.481 e. The molecule has 0 aliphatic carbocycles. The summed E-state index contributed by atoms with van der Waals surface area (Å²) in [5.74, 6) is 0.316. The predicted octanol–water partition coefficient (Wildman–Crippen LogP) is 3.86. The van der Waals surface area contributed by atoms with Gasteiger partial charge in [0.1, 0.15) is 0 Å². The van der Waals surface area contributed by atoms with Crippen molar-refractivity contribution < 1.29 is 9.90 Å². The van der Waals surface area contributed by atoms with Crippen molar-refractivity contribution in [2.75, 3.05) is 44.2 Å². The molecular weight excluding hydrogens is 380 g/mol. The number of piperazine rings is 1. The Bertz CT molecular complexity index is 719. The van der Waals surface area contributed by atoms with Gasteiger partial charge in [-0.1, -0.05) is 54.1 Å². The molecule has 0 bridgehead atoms. The van der Waals surface area contributed by atoms with Gasteiger partial charge in [0.15, 0.2) is 0 Å². The van der Waals surface area contributed by atoms with Crippen LogP contribution in [-0.4, -0.2) is 65.1 Å². The smallest absolute Gasteiger partial charge is 0.313 e. The van der Waals surface area contributed by atoms with Gasteiger partial charge in [0.2, 0.25) is 0 Å². The molecule has 3 rings (SSSR count). The number of halogens is 1. The molecule has 1 aliphatic rings. The number of thioether (sulfide) groups is 1. The molecule has 27 heavy (non-hydrogen) atoms. The van der Waals surface area contributed by atoms with E-state index in [1.54, 1.807) is 0 Å². The zero-order chi connectivity index (χ0) is 19.1.